The molecule has 4 rings (SSSR count). The molecule has 0 spiro atoms. The highest BCUT2D eigenvalue weighted by Crippen LogP contribution is 2.40. The molecule has 1 aliphatic heterocycles. The summed E-state index contributed by atoms with van der Waals surface area (Å²) in [5.74, 6) is -2.45. The van der Waals surface area contributed by atoms with E-state index in [0.717, 1.165) is 0 Å². The number of pyridine rings is 1. The van der Waals surface area contributed by atoms with Crippen molar-refractivity contribution in [3.8, 4) is 5.75 Å². The van der Waals surface area contributed by atoms with Crippen LogP contribution in [0.15, 0.2) is 30.5 Å². The highest BCUT2D eigenvalue weighted by molar-refractivity contribution is 6.01. The van der Waals surface area contributed by atoms with Crippen molar-refractivity contribution in [2.24, 2.45) is 0 Å². The monoisotopic (exact) mass is 391 g/mol. The second-order valence-corrected chi connectivity index (χ2v) is 6.59. The number of alkyl halides is 3. The van der Waals surface area contributed by atoms with Crippen LogP contribution in [0.1, 0.15) is 40.9 Å². The summed E-state index contributed by atoms with van der Waals surface area (Å²) in [6, 6.07) is 6.92. The van der Waals surface area contributed by atoms with Crippen molar-refractivity contribution >= 4 is 16.7 Å². The molecule has 1 aromatic carbocycles. The fraction of sp³-hybridized carbons (Fsp3) is 0.333. The number of hydrogen-bond acceptors (Lipinski definition) is 5. The molecule has 7 nitrogen and oxygen atoms in total. The summed E-state index contributed by atoms with van der Waals surface area (Å²) in [4.78, 5) is 16.4. The third-order valence-corrected chi connectivity index (χ3v) is 4.83. The third kappa shape index (κ3) is 3.14. The highest BCUT2D eigenvalue weighted by atomic mass is 19.4. The van der Waals surface area contributed by atoms with Crippen LogP contribution in [0.5, 0.6) is 5.75 Å². The number of amides is 1. The number of rotatable bonds is 3. The molecule has 1 amide bonds. The Morgan fingerprint density at radius 2 is 2.07 bits per heavy atom. The van der Waals surface area contributed by atoms with Gasteiger partial charge in [0.2, 0.25) is 0 Å². The van der Waals surface area contributed by atoms with Crippen LogP contribution in [-0.4, -0.2) is 36.9 Å². The molecule has 1 atom stereocenters. The number of hydrogen-bond donors (Lipinski definition) is 2. The van der Waals surface area contributed by atoms with E-state index in [1.54, 1.807) is 24.3 Å². The van der Waals surface area contributed by atoms with Crippen LogP contribution in [0, 0.1) is 0 Å². The molecule has 0 aliphatic carbocycles. The zero-order chi connectivity index (χ0) is 19.9. The lowest BCUT2D eigenvalue weighted by Crippen LogP contribution is -2.30. The number of aromatic hydroxyl groups is 1. The third-order valence-electron chi connectivity index (χ3n) is 4.83. The smallest absolute Gasteiger partial charge is 0.398 e. The molecular weight excluding hydrogens is 375 g/mol. The van der Waals surface area contributed by atoms with Crippen molar-refractivity contribution in [2.75, 3.05) is 0 Å². The molecule has 146 valence electrons. The van der Waals surface area contributed by atoms with Gasteiger partial charge in [0.1, 0.15) is 11.7 Å². The fourth-order valence-corrected chi connectivity index (χ4v) is 3.43. The Morgan fingerprint density at radius 1 is 1.29 bits per heavy atom. The highest BCUT2D eigenvalue weighted by Gasteiger charge is 2.45. The molecule has 10 heteroatoms. The van der Waals surface area contributed by atoms with Gasteiger partial charge in [-0.1, -0.05) is 24.3 Å². The van der Waals surface area contributed by atoms with Crippen LogP contribution in [0.3, 0.4) is 0 Å². The summed E-state index contributed by atoms with van der Waals surface area (Å²) in [5, 5.41) is 21.5. The molecule has 0 saturated carbocycles. The minimum Gasteiger partial charge on any atom is -0.505 e. The first-order valence-electron chi connectivity index (χ1n) is 8.70. The van der Waals surface area contributed by atoms with Crippen molar-refractivity contribution in [3.63, 3.8) is 0 Å². The van der Waals surface area contributed by atoms with Gasteiger partial charge in [-0.25, -0.2) is 4.98 Å². The van der Waals surface area contributed by atoms with Gasteiger partial charge >= 0.3 is 6.18 Å². The average Bonchev–Trinajstić information content (AvgIpc) is 3.09. The summed E-state index contributed by atoms with van der Waals surface area (Å²) in [5.41, 5.74) is -0.162. The van der Waals surface area contributed by atoms with Crippen LogP contribution in [0.2, 0.25) is 0 Å². The Morgan fingerprint density at radius 3 is 2.86 bits per heavy atom. The predicted molar refractivity (Wildman–Crippen MR) is 92.6 cm³/mol. The summed E-state index contributed by atoms with van der Waals surface area (Å²) in [6.45, 7) is 0.240. The number of nitrogens with zero attached hydrogens (tertiary/aromatic N) is 4. The number of carbonyl (C=O) groups is 1. The van der Waals surface area contributed by atoms with E-state index < -0.39 is 18.0 Å². The largest absolute Gasteiger partial charge is 0.505 e. The van der Waals surface area contributed by atoms with Crippen molar-refractivity contribution in [1.29, 1.82) is 0 Å². The summed E-state index contributed by atoms with van der Waals surface area (Å²) < 4.78 is 40.8. The standard InChI is InChI=1S/C18H16F3N5O2/c19-18(20,21)12-6-3-7-26-13(24-25-16(12)26)9-23-17(28)14-15(27)11-5-2-1-4-10(11)8-22-14/h1-2,4-5,8,12,27H,3,6-7,9H2,(H,23,28). The fourth-order valence-electron chi connectivity index (χ4n) is 3.43. The Balaban J connectivity index is 1.54. The number of fused-ring (bicyclic) bond motifs is 2. The van der Waals surface area contributed by atoms with Crippen molar-refractivity contribution in [1.82, 2.24) is 25.1 Å². The molecule has 3 heterocycles. The van der Waals surface area contributed by atoms with Crippen LogP contribution in [-0.2, 0) is 13.1 Å². The van der Waals surface area contributed by atoms with Gasteiger partial charge in [-0.05, 0) is 12.8 Å². The second kappa shape index (κ2) is 6.77. The molecule has 0 fully saturated rings. The van der Waals surface area contributed by atoms with E-state index in [0.29, 0.717) is 23.7 Å². The van der Waals surface area contributed by atoms with Crippen LogP contribution in [0.25, 0.3) is 10.8 Å². The minimum atomic E-state index is -4.38. The summed E-state index contributed by atoms with van der Waals surface area (Å²) in [7, 11) is 0. The van der Waals surface area contributed by atoms with E-state index in [1.165, 1.54) is 10.8 Å². The van der Waals surface area contributed by atoms with Gasteiger partial charge in [0.15, 0.2) is 17.3 Å². The van der Waals surface area contributed by atoms with Crippen LogP contribution < -0.4 is 5.32 Å². The van der Waals surface area contributed by atoms with Gasteiger partial charge in [-0.2, -0.15) is 13.2 Å². The molecule has 0 radical (unpaired) electrons. The number of nitrogens with one attached hydrogen (secondary N) is 1. The van der Waals surface area contributed by atoms with Crippen LogP contribution >= 0.6 is 0 Å². The normalized spacial score (nSPS) is 16.8. The Kier molecular flexibility index (Phi) is 4.40. The van der Waals surface area contributed by atoms with Crippen molar-refractivity contribution in [2.45, 2.75) is 38.0 Å². The number of halogens is 3. The molecule has 0 bridgehead atoms. The minimum absolute atomic E-state index is 0.0249. The first kappa shape index (κ1) is 18.2. The molecule has 2 aromatic heterocycles. The van der Waals surface area contributed by atoms with Gasteiger partial charge < -0.3 is 15.0 Å². The molecule has 1 unspecified atom stereocenters. The lowest BCUT2D eigenvalue weighted by atomic mass is 9.98. The number of benzene rings is 1. The predicted octanol–water partition coefficient (Wildman–Crippen LogP) is 2.90. The Bertz CT molecular complexity index is 1050. The van der Waals surface area contributed by atoms with Crippen molar-refractivity contribution in [3.05, 3.63) is 47.8 Å². The summed E-state index contributed by atoms with van der Waals surface area (Å²) >= 11 is 0. The van der Waals surface area contributed by atoms with Crippen LogP contribution in [0.4, 0.5) is 13.2 Å². The maximum absolute atomic E-state index is 13.1. The number of aromatic nitrogens is 4. The van der Waals surface area contributed by atoms with Gasteiger partial charge in [0.05, 0.1) is 6.54 Å². The zero-order valence-corrected chi connectivity index (χ0v) is 14.6. The Hall–Kier alpha value is -3.17. The topological polar surface area (TPSA) is 92.9 Å². The molecule has 28 heavy (non-hydrogen) atoms. The molecule has 1 aliphatic rings. The number of carbonyl (C=O) groups excluding carboxylic acids is 1. The first-order valence-corrected chi connectivity index (χ1v) is 8.70. The first-order chi connectivity index (χ1) is 13.4. The van der Waals surface area contributed by atoms with E-state index in [9.17, 15) is 23.1 Å². The SMILES string of the molecule is O=C(NCc1nnc2n1CCCC2C(F)(F)F)c1ncc2ccccc2c1O. The second-order valence-electron chi connectivity index (χ2n) is 6.59. The van der Waals surface area contributed by atoms with Gasteiger partial charge in [0.25, 0.3) is 5.91 Å². The van der Waals surface area contributed by atoms with E-state index >= 15 is 0 Å². The maximum atomic E-state index is 13.1. The quantitative estimate of drug-likeness (QED) is 0.716. The molecule has 0 saturated heterocycles. The zero-order valence-electron chi connectivity index (χ0n) is 14.6. The van der Waals surface area contributed by atoms with Gasteiger partial charge in [-0.15, -0.1) is 10.2 Å². The van der Waals surface area contributed by atoms with Gasteiger partial charge in [0, 0.05) is 23.5 Å². The molecule has 3 aromatic rings. The lowest BCUT2D eigenvalue weighted by molar-refractivity contribution is -0.156. The summed E-state index contributed by atoms with van der Waals surface area (Å²) in [6.07, 6.45) is -2.59. The molecular formula is C18H16F3N5O2. The Labute approximate surface area is 157 Å². The van der Waals surface area contributed by atoms with E-state index in [2.05, 4.69) is 20.5 Å². The molecule has 2 N–H and O–H groups in total. The van der Waals surface area contributed by atoms with E-state index in [-0.39, 0.29) is 36.1 Å². The lowest BCUT2D eigenvalue weighted by Gasteiger charge is -2.25. The van der Waals surface area contributed by atoms with Gasteiger partial charge in [-0.3, -0.25) is 4.79 Å². The van der Waals surface area contributed by atoms with E-state index in [4.69, 9.17) is 0 Å². The maximum Gasteiger partial charge on any atom is 0.398 e. The van der Waals surface area contributed by atoms with E-state index in [1.807, 2.05) is 0 Å². The average molecular weight is 391 g/mol. The van der Waals surface area contributed by atoms with Crippen molar-refractivity contribution < 1.29 is 23.1 Å².